The van der Waals surface area contributed by atoms with E-state index in [1.807, 2.05) is 0 Å². The molecule has 0 atom stereocenters. The van der Waals surface area contributed by atoms with Gasteiger partial charge in [-0.1, -0.05) is 0 Å². The zero-order valence-electron chi connectivity index (χ0n) is 17.8. The van der Waals surface area contributed by atoms with Crippen molar-refractivity contribution >= 4 is 34.9 Å². The molecule has 0 bridgehead atoms. The number of benzene rings is 2. The number of methoxy groups -OCH3 is 1. The fraction of sp³-hybridized carbons (Fsp3) is 0.318. The lowest BCUT2D eigenvalue weighted by molar-refractivity contribution is -0.116. The summed E-state index contributed by atoms with van der Waals surface area (Å²) in [7, 11) is 1.48. The van der Waals surface area contributed by atoms with E-state index in [1.165, 1.54) is 18.9 Å². The Kier molecular flexibility index (Phi) is 6.02. The zero-order chi connectivity index (χ0) is 22.7. The first-order valence-corrected chi connectivity index (χ1v) is 10.2. The molecule has 0 spiro atoms. The van der Waals surface area contributed by atoms with E-state index in [0.29, 0.717) is 60.6 Å². The van der Waals surface area contributed by atoms with Gasteiger partial charge in [0.15, 0.2) is 11.5 Å². The third kappa shape index (κ3) is 4.53. The zero-order valence-corrected chi connectivity index (χ0v) is 17.8. The molecule has 0 aromatic heterocycles. The van der Waals surface area contributed by atoms with Gasteiger partial charge in [-0.2, -0.15) is 0 Å². The summed E-state index contributed by atoms with van der Waals surface area (Å²) >= 11 is 0. The Morgan fingerprint density at radius 1 is 1.03 bits per heavy atom. The number of nitrogens with one attached hydrogen (secondary N) is 2. The summed E-state index contributed by atoms with van der Waals surface area (Å²) in [6.07, 6.45) is 0. The minimum Gasteiger partial charge on any atom is -0.495 e. The Hall–Kier alpha value is -3.95. The van der Waals surface area contributed by atoms with Crippen molar-refractivity contribution in [2.75, 3.05) is 55.5 Å². The Bertz CT molecular complexity index is 1060. The van der Waals surface area contributed by atoms with Gasteiger partial charge >= 0.3 is 6.03 Å². The largest absolute Gasteiger partial charge is 0.495 e. The SMILES string of the molecule is COc1ccc(NC(C)=O)cc1NC(=O)CN1CCN(c2ccc3c(c2)OCCO3)C1=O. The third-order valence-electron chi connectivity index (χ3n) is 5.06. The van der Waals surface area contributed by atoms with Crippen molar-refractivity contribution in [3.63, 3.8) is 0 Å². The molecular weight excluding hydrogens is 416 g/mol. The molecule has 2 aromatic rings. The second kappa shape index (κ2) is 9.04. The molecule has 10 heteroatoms. The van der Waals surface area contributed by atoms with Crippen LogP contribution in [0.3, 0.4) is 0 Å². The highest BCUT2D eigenvalue weighted by atomic mass is 16.6. The van der Waals surface area contributed by atoms with Crippen molar-refractivity contribution in [2.24, 2.45) is 0 Å². The molecular formula is C22H24N4O6. The van der Waals surface area contributed by atoms with E-state index in [-0.39, 0.29) is 24.4 Å². The van der Waals surface area contributed by atoms with Crippen LogP contribution in [0.5, 0.6) is 17.2 Å². The molecule has 4 rings (SSSR count). The van der Waals surface area contributed by atoms with Crippen LogP contribution in [0.4, 0.5) is 21.9 Å². The van der Waals surface area contributed by atoms with E-state index in [9.17, 15) is 14.4 Å². The van der Waals surface area contributed by atoms with Crippen LogP contribution in [0.2, 0.25) is 0 Å². The van der Waals surface area contributed by atoms with Gasteiger partial charge in [-0.05, 0) is 30.3 Å². The molecule has 0 unspecified atom stereocenters. The highest BCUT2D eigenvalue weighted by Crippen LogP contribution is 2.35. The molecule has 1 saturated heterocycles. The smallest absolute Gasteiger partial charge is 0.325 e. The van der Waals surface area contributed by atoms with Gasteiger partial charge in [-0.25, -0.2) is 4.79 Å². The van der Waals surface area contributed by atoms with Gasteiger partial charge in [0, 0.05) is 37.5 Å². The second-order valence-electron chi connectivity index (χ2n) is 7.33. The third-order valence-corrected chi connectivity index (χ3v) is 5.06. The maximum atomic E-state index is 12.9. The minimum atomic E-state index is -0.374. The molecule has 0 aliphatic carbocycles. The van der Waals surface area contributed by atoms with E-state index < -0.39 is 0 Å². The Labute approximate surface area is 185 Å². The number of fused-ring (bicyclic) bond motifs is 1. The lowest BCUT2D eigenvalue weighted by Gasteiger charge is -2.22. The van der Waals surface area contributed by atoms with Gasteiger partial charge in [-0.15, -0.1) is 0 Å². The lowest BCUT2D eigenvalue weighted by Crippen LogP contribution is -2.37. The van der Waals surface area contributed by atoms with Crippen molar-refractivity contribution in [2.45, 2.75) is 6.92 Å². The highest BCUT2D eigenvalue weighted by Gasteiger charge is 2.31. The van der Waals surface area contributed by atoms with Gasteiger partial charge in [0.2, 0.25) is 11.8 Å². The molecule has 4 amide bonds. The Morgan fingerprint density at radius 2 is 1.81 bits per heavy atom. The molecule has 2 aliphatic heterocycles. The number of carbonyl (C=O) groups excluding carboxylic acids is 3. The number of carbonyl (C=O) groups is 3. The number of amides is 4. The number of urea groups is 1. The first kappa shape index (κ1) is 21.3. The van der Waals surface area contributed by atoms with Crippen LogP contribution in [0, 0.1) is 0 Å². The van der Waals surface area contributed by atoms with Crippen LogP contribution in [0.25, 0.3) is 0 Å². The van der Waals surface area contributed by atoms with Crippen molar-refractivity contribution < 1.29 is 28.6 Å². The summed E-state index contributed by atoms with van der Waals surface area (Å²) < 4.78 is 16.4. The maximum absolute atomic E-state index is 12.9. The van der Waals surface area contributed by atoms with E-state index in [0.717, 1.165) is 0 Å². The van der Waals surface area contributed by atoms with Crippen LogP contribution in [0.15, 0.2) is 36.4 Å². The average Bonchev–Trinajstić information content (AvgIpc) is 3.13. The molecule has 2 aliphatic rings. The van der Waals surface area contributed by atoms with Gasteiger partial charge in [-0.3, -0.25) is 14.5 Å². The summed E-state index contributed by atoms with van der Waals surface area (Å²) in [5.41, 5.74) is 1.61. The van der Waals surface area contributed by atoms with Gasteiger partial charge in [0.1, 0.15) is 25.5 Å². The standard InChI is InChI=1S/C22H24N4O6/c1-14(27)23-15-3-5-18(30-2)17(11-15)24-21(28)13-25-7-8-26(22(25)29)16-4-6-19-20(12-16)32-10-9-31-19/h3-6,11-12H,7-10,13H2,1-2H3,(H,23,27)(H,24,28). The highest BCUT2D eigenvalue weighted by molar-refractivity contribution is 6.00. The number of hydrogen-bond donors (Lipinski definition) is 2. The predicted octanol–water partition coefficient (Wildman–Crippen LogP) is 2.31. The average molecular weight is 440 g/mol. The van der Waals surface area contributed by atoms with Crippen molar-refractivity contribution in [3.05, 3.63) is 36.4 Å². The van der Waals surface area contributed by atoms with Crippen molar-refractivity contribution in [3.8, 4) is 17.2 Å². The van der Waals surface area contributed by atoms with Crippen LogP contribution < -0.4 is 29.7 Å². The molecule has 10 nitrogen and oxygen atoms in total. The summed E-state index contributed by atoms with van der Waals surface area (Å²) in [6.45, 7) is 3.10. The van der Waals surface area contributed by atoms with E-state index in [1.54, 1.807) is 41.3 Å². The van der Waals surface area contributed by atoms with Crippen molar-refractivity contribution in [1.29, 1.82) is 0 Å². The van der Waals surface area contributed by atoms with Crippen LogP contribution in [0.1, 0.15) is 6.92 Å². The molecule has 2 heterocycles. The monoisotopic (exact) mass is 440 g/mol. The number of rotatable bonds is 6. The van der Waals surface area contributed by atoms with Gasteiger partial charge in [0.25, 0.3) is 0 Å². The molecule has 1 fully saturated rings. The Morgan fingerprint density at radius 3 is 2.56 bits per heavy atom. The summed E-state index contributed by atoms with van der Waals surface area (Å²) in [6, 6.07) is 10.0. The quantitative estimate of drug-likeness (QED) is 0.714. The lowest BCUT2D eigenvalue weighted by atomic mass is 10.2. The number of hydrogen-bond acceptors (Lipinski definition) is 6. The van der Waals surface area contributed by atoms with E-state index >= 15 is 0 Å². The summed E-state index contributed by atoms with van der Waals surface area (Å²) in [4.78, 5) is 39.9. The van der Waals surface area contributed by atoms with Crippen molar-refractivity contribution in [1.82, 2.24) is 4.90 Å². The second-order valence-corrected chi connectivity index (χ2v) is 7.33. The molecule has 0 radical (unpaired) electrons. The summed E-state index contributed by atoms with van der Waals surface area (Å²) in [5, 5.41) is 5.41. The minimum absolute atomic E-state index is 0.118. The molecule has 0 saturated carbocycles. The van der Waals surface area contributed by atoms with Crippen LogP contribution >= 0.6 is 0 Å². The Balaban J connectivity index is 1.41. The predicted molar refractivity (Wildman–Crippen MR) is 118 cm³/mol. The van der Waals surface area contributed by atoms with E-state index in [2.05, 4.69) is 10.6 Å². The molecule has 32 heavy (non-hydrogen) atoms. The topological polar surface area (TPSA) is 109 Å². The first-order valence-electron chi connectivity index (χ1n) is 10.2. The number of nitrogens with zero attached hydrogens (tertiary/aromatic N) is 2. The molecule has 2 aromatic carbocycles. The van der Waals surface area contributed by atoms with Crippen LogP contribution in [-0.2, 0) is 9.59 Å². The fourth-order valence-corrected chi connectivity index (χ4v) is 3.62. The van der Waals surface area contributed by atoms with Crippen LogP contribution in [-0.4, -0.2) is 62.7 Å². The van der Waals surface area contributed by atoms with E-state index in [4.69, 9.17) is 14.2 Å². The van der Waals surface area contributed by atoms with Gasteiger partial charge in [0.05, 0.1) is 12.8 Å². The first-order chi connectivity index (χ1) is 15.4. The number of anilines is 3. The normalized spacial score (nSPS) is 14.9. The fourth-order valence-electron chi connectivity index (χ4n) is 3.62. The molecule has 168 valence electrons. The van der Waals surface area contributed by atoms with Gasteiger partial charge < -0.3 is 29.7 Å². The maximum Gasteiger partial charge on any atom is 0.325 e. The summed E-state index contributed by atoms with van der Waals surface area (Å²) in [5.74, 6) is 1.09. The molecule has 2 N–H and O–H groups in total. The number of ether oxygens (including phenoxy) is 3.